The summed E-state index contributed by atoms with van der Waals surface area (Å²) < 4.78 is 18.1. The highest BCUT2D eigenvalue weighted by Crippen LogP contribution is 2.34. The molecule has 0 aliphatic rings. The molecular formula is C25H28N4O4S. The lowest BCUT2D eigenvalue weighted by atomic mass is 10.1. The van der Waals surface area contributed by atoms with Crippen LogP contribution >= 0.6 is 11.8 Å². The van der Waals surface area contributed by atoms with E-state index in [1.807, 2.05) is 54.0 Å². The summed E-state index contributed by atoms with van der Waals surface area (Å²) in [6.45, 7) is 3.16. The standard InChI is InChI=1S/C25H28N4O4S/c1-16(23(30)19-15-26-20-9-6-5-8-18(19)20)34-25-28-27-24(29(25)12-7-13-31-2)17-10-11-21(32-3)22(14-17)33-4/h5-6,8-11,14-16,26H,7,12-13H2,1-4H3. The second-order valence-electron chi connectivity index (χ2n) is 7.75. The second-order valence-corrected chi connectivity index (χ2v) is 9.05. The number of hydrogen-bond acceptors (Lipinski definition) is 7. The molecule has 2 aromatic carbocycles. The Morgan fingerprint density at radius 3 is 2.65 bits per heavy atom. The number of para-hydroxylation sites is 1. The molecule has 0 saturated heterocycles. The molecule has 2 heterocycles. The number of H-pyrrole nitrogens is 1. The predicted molar refractivity (Wildman–Crippen MR) is 133 cm³/mol. The van der Waals surface area contributed by atoms with Crippen molar-refractivity contribution in [1.82, 2.24) is 19.7 Å². The minimum absolute atomic E-state index is 0.0431. The van der Waals surface area contributed by atoms with E-state index in [-0.39, 0.29) is 11.0 Å². The number of fused-ring (bicyclic) bond motifs is 1. The first-order valence-corrected chi connectivity index (χ1v) is 11.9. The van der Waals surface area contributed by atoms with E-state index >= 15 is 0 Å². The molecule has 0 saturated carbocycles. The number of thioether (sulfide) groups is 1. The molecule has 0 aliphatic heterocycles. The molecule has 1 N–H and O–H groups in total. The van der Waals surface area contributed by atoms with Crippen molar-refractivity contribution >= 4 is 28.4 Å². The van der Waals surface area contributed by atoms with Crippen molar-refractivity contribution in [2.75, 3.05) is 27.9 Å². The molecule has 4 aromatic rings. The van der Waals surface area contributed by atoms with Crippen molar-refractivity contribution in [3.05, 3.63) is 54.2 Å². The van der Waals surface area contributed by atoms with Gasteiger partial charge >= 0.3 is 0 Å². The Hall–Kier alpha value is -3.30. The number of methoxy groups -OCH3 is 3. The number of benzene rings is 2. The number of carbonyl (C=O) groups is 1. The summed E-state index contributed by atoms with van der Waals surface area (Å²) in [6.07, 6.45) is 2.57. The molecule has 0 aliphatic carbocycles. The van der Waals surface area contributed by atoms with Gasteiger partial charge in [0.15, 0.2) is 28.3 Å². The maximum atomic E-state index is 13.3. The van der Waals surface area contributed by atoms with Gasteiger partial charge in [0.2, 0.25) is 0 Å². The monoisotopic (exact) mass is 480 g/mol. The molecule has 1 atom stereocenters. The van der Waals surface area contributed by atoms with Crippen LogP contribution in [0.15, 0.2) is 53.8 Å². The molecule has 2 aromatic heterocycles. The van der Waals surface area contributed by atoms with Crippen molar-refractivity contribution < 1.29 is 19.0 Å². The first kappa shape index (κ1) is 23.8. The number of rotatable bonds is 11. The van der Waals surface area contributed by atoms with Crippen molar-refractivity contribution in [3.63, 3.8) is 0 Å². The van der Waals surface area contributed by atoms with Crippen molar-refractivity contribution in [3.8, 4) is 22.9 Å². The molecular weight excluding hydrogens is 452 g/mol. The minimum atomic E-state index is -0.345. The van der Waals surface area contributed by atoms with Gasteiger partial charge < -0.3 is 23.8 Å². The highest BCUT2D eigenvalue weighted by atomic mass is 32.2. The van der Waals surface area contributed by atoms with E-state index in [1.165, 1.54) is 11.8 Å². The Morgan fingerprint density at radius 1 is 1.09 bits per heavy atom. The smallest absolute Gasteiger partial charge is 0.192 e. The zero-order valence-corrected chi connectivity index (χ0v) is 20.5. The zero-order chi connectivity index (χ0) is 24.1. The lowest BCUT2D eigenvalue weighted by Gasteiger charge is -2.14. The lowest BCUT2D eigenvalue weighted by molar-refractivity contribution is 0.0995. The summed E-state index contributed by atoms with van der Waals surface area (Å²) in [4.78, 5) is 16.5. The Balaban J connectivity index is 1.63. The van der Waals surface area contributed by atoms with Gasteiger partial charge in [0.25, 0.3) is 0 Å². The number of ether oxygens (including phenoxy) is 3. The van der Waals surface area contributed by atoms with Crippen LogP contribution < -0.4 is 9.47 Å². The highest BCUT2D eigenvalue weighted by Gasteiger charge is 2.24. The molecule has 178 valence electrons. The Morgan fingerprint density at radius 2 is 1.88 bits per heavy atom. The fraction of sp³-hybridized carbons (Fsp3) is 0.320. The van der Waals surface area contributed by atoms with Gasteiger partial charge in [-0.05, 0) is 37.6 Å². The largest absolute Gasteiger partial charge is 0.493 e. The Bertz CT molecular complexity index is 1280. The number of aromatic amines is 1. The molecule has 0 fully saturated rings. The number of aromatic nitrogens is 4. The molecule has 8 nitrogen and oxygen atoms in total. The van der Waals surface area contributed by atoms with Crippen LogP contribution in [-0.2, 0) is 11.3 Å². The van der Waals surface area contributed by atoms with E-state index in [0.29, 0.717) is 41.2 Å². The first-order chi connectivity index (χ1) is 16.6. The van der Waals surface area contributed by atoms with Crippen LogP contribution in [0.1, 0.15) is 23.7 Å². The number of nitrogens with one attached hydrogen (secondary N) is 1. The summed E-state index contributed by atoms with van der Waals surface area (Å²) in [5.74, 6) is 2.00. The average Bonchev–Trinajstić information content (AvgIpc) is 3.47. The summed E-state index contributed by atoms with van der Waals surface area (Å²) in [5.41, 5.74) is 2.48. The van der Waals surface area contributed by atoms with Crippen LogP contribution in [0.25, 0.3) is 22.3 Å². The fourth-order valence-electron chi connectivity index (χ4n) is 3.84. The van der Waals surface area contributed by atoms with E-state index in [2.05, 4.69) is 15.2 Å². The molecule has 4 rings (SSSR count). The van der Waals surface area contributed by atoms with E-state index in [1.54, 1.807) is 27.5 Å². The third kappa shape index (κ3) is 4.80. The number of carbonyl (C=O) groups excluding carboxylic acids is 1. The first-order valence-electron chi connectivity index (χ1n) is 11.0. The Kier molecular flexibility index (Phi) is 7.54. The maximum absolute atomic E-state index is 13.3. The van der Waals surface area contributed by atoms with Gasteiger partial charge in [-0.1, -0.05) is 30.0 Å². The van der Waals surface area contributed by atoms with Crippen LogP contribution in [0.4, 0.5) is 0 Å². The number of nitrogens with zero attached hydrogens (tertiary/aromatic N) is 3. The van der Waals surface area contributed by atoms with Crippen LogP contribution in [0.3, 0.4) is 0 Å². The summed E-state index contributed by atoms with van der Waals surface area (Å²) in [6, 6.07) is 13.5. The van der Waals surface area contributed by atoms with E-state index in [4.69, 9.17) is 14.2 Å². The van der Waals surface area contributed by atoms with E-state index in [0.717, 1.165) is 22.9 Å². The van der Waals surface area contributed by atoms with Crippen molar-refractivity contribution in [1.29, 1.82) is 0 Å². The van der Waals surface area contributed by atoms with Crippen LogP contribution in [0.5, 0.6) is 11.5 Å². The number of ketones is 1. The van der Waals surface area contributed by atoms with Crippen LogP contribution in [0, 0.1) is 0 Å². The van der Waals surface area contributed by atoms with Gasteiger partial charge in [0.05, 0.1) is 19.5 Å². The topological polar surface area (TPSA) is 91.3 Å². The van der Waals surface area contributed by atoms with Gasteiger partial charge in [-0.25, -0.2) is 0 Å². The highest BCUT2D eigenvalue weighted by molar-refractivity contribution is 8.00. The number of Topliss-reactive ketones (excluding diaryl/α,β-unsaturated/α-hetero) is 1. The molecule has 9 heteroatoms. The SMILES string of the molecule is COCCCn1c(SC(C)C(=O)c2c[nH]c3ccccc23)nnc1-c1ccc(OC)c(OC)c1. The summed E-state index contributed by atoms with van der Waals surface area (Å²) in [5, 5.41) is 10.2. The van der Waals surface area contributed by atoms with Crippen LogP contribution in [0.2, 0.25) is 0 Å². The second kappa shape index (κ2) is 10.8. The van der Waals surface area contributed by atoms with E-state index in [9.17, 15) is 4.79 Å². The van der Waals surface area contributed by atoms with Crippen molar-refractivity contribution in [2.24, 2.45) is 0 Å². The van der Waals surface area contributed by atoms with Gasteiger partial charge in [-0.2, -0.15) is 0 Å². The molecule has 34 heavy (non-hydrogen) atoms. The zero-order valence-electron chi connectivity index (χ0n) is 19.7. The molecule has 0 spiro atoms. The van der Waals surface area contributed by atoms with Gasteiger partial charge in [-0.15, -0.1) is 10.2 Å². The van der Waals surface area contributed by atoms with Gasteiger partial charge in [-0.3, -0.25) is 4.79 Å². The fourth-order valence-corrected chi connectivity index (χ4v) is 4.78. The average molecular weight is 481 g/mol. The van der Waals surface area contributed by atoms with Gasteiger partial charge in [0.1, 0.15) is 0 Å². The van der Waals surface area contributed by atoms with Crippen molar-refractivity contribution in [2.45, 2.75) is 30.3 Å². The minimum Gasteiger partial charge on any atom is -0.493 e. The Labute approximate surface area is 202 Å². The predicted octanol–water partition coefficient (Wildman–Crippen LogP) is 4.84. The van der Waals surface area contributed by atoms with Gasteiger partial charge in [0, 0.05) is 48.5 Å². The molecule has 0 amide bonds. The summed E-state index contributed by atoms with van der Waals surface area (Å²) in [7, 11) is 4.88. The quantitative estimate of drug-likeness (QED) is 0.186. The maximum Gasteiger partial charge on any atom is 0.192 e. The molecule has 0 radical (unpaired) electrons. The van der Waals surface area contributed by atoms with E-state index < -0.39 is 0 Å². The summed E-state index contributed by atoms with van der Waals surface area (Å²) >= 11 is 1.41. The van der Waals surface area contributed by atoms with Crippen LogP contribution in [-0.4, -0.2) is 58.7 Å². The normalized spacial score (nSPS) is 12.1. The third-order valence-corrected chi connectivity index (χ3v) is 6.68. The third-order valence-electron chi connectivity index (χ3n) is 5.59. The lowest BCUT2D eigenvalue weighted by Crippen LogP contribution is -2.15. The molecule has 1 unspecified atom stereocenters. The number of hydrogen-bond donors (Lipinski definition) is 1. The molecule has 0 bridgehead atoms.